The lowest BCUT2D eigenvalue weighted by molar-refractivity contribution is -0.128. The highest BCUT2D eigenvalue weighted by Crippen LogP contribution is 2.09. The topological polar surface area (TPSA) is 66.8 Å². The van der Waals surface area contributed by atoms with E-state index in [1.807, 2.05) is 6.92 Å². The van der Waals surface area contributed by atoms with Crippen molar-refractivity contribution in [1.82, 2.24) is 5.01 Å². The van der Waals surface area contributed by atoms with Gasteiger partial charge in [-0.25, -0.2) is 13.4 Å². The second-order valence-electron chi connectivity index (χ2n) is 3.34. The summed E-state index contributed by atoms with van der Waals surface area (Å²) in [6.07, 6.45) is 2.22. The van der Waals surface area contributed by atoms with Crippen LogP contribution in [0.15, 0.2) is 5.10 Å². The van der Waals surface area contributed by atoms with Gasteiger partial charge in [-0.15, -0.1) is 0 Å². The van der Waals surface area contributed by atoms with Gasteiger partial charge in [0.15, 0.2) is 0 Å². The number of carbonyl (C=O) groups is 1. The van der Waals surface area contributed by atoms with Crippen molar-refractivity contribution in [3.8, 4) is 0 Å². The zero-order valence-electron chi connectivity index (χ0n) is 8.36. The Morgan fingerprint density at radius 3 is 2.57 bits per heavy atom. The van der Waals surface area contributed by atoms with Crippen LogP contribution in [0.25, 0.3) is 0 Å². The van der Waals surface area contributed by atoms with Crippen LogP contribution in [-0.4, -0.2) is 43.6 Å². The molecular weight excluding hydrogens is 204 g/mol. The van der Waals surface area contributed by atoms with E-state index in [4.69, 9.17) is 0 Å². The summed E-state index contributed by atoms with van der Waals surface area (Å²) >= 11 is 0. The maximum absolute atomic E-state index is 11.3. The summed E-state index contributed by atoms with van der Waals surface area (Å²) in [5, 5.41) is 5.28. The van der Waals surface area contributed by atoms with Crippen molar-refractivity contribution in [2.75, 3.05) is 18.6 Å². The van der Waals surface area contributed by atoms with Crippen LogP contribution in [0, 0.1) is 0 Å². The molecular formula is C8H14N2O3S. The van der Waals surface area contributed by atoms with E-state index in [2.05, 4.69) is 5.10 Å². The van der Waals surface area contributed by atoms with Crippen LogP contribution in [0.3, 0.4) is 0 Å². The molecule has 5 nitrogen and oxygen atoms in total. The van der Waals surface area contributed by atoms with Crippen molar-refractivity contribution in [3.05, 3.63) is 0 Å². The number of hydrogen-bond acceptors (Lipinski definition) is 4. The highest BCUT2D eigenvalue weighted by atomic mass is 32.2. The maximum atomic E-state index is 11.3. The SMILES string of the molecule is CCC1=NN(CCS(C)(=O)=O)C(=O)C1. The molecule has 1 amide bonds. The van der Waals surface area contributed by atoms with Gasteiger partial charge in [-0.1, -0.05) is 6.92 Å². The lowest BCUT2D eigenvalue weighted by Crippen LogP contribution is -2.26. The molecule has 1 rings (SSSR count). The van der Waals surface area contributed by atoms with Crippen LogP contribution in [0.2, 0.25) is 0 Å². The second-order valence-corrected chi connectivity index (χ2v) is 5.60. The molecule has 0 unspecified atom stereocenters. The third-order valence-corrected chi connectivity index (χ3v) is 2.91. The molecule has 1 aliphatic rings. The quantitative estimate of drug-likeness (QED) is 0.668. The number of hydrazone groups is 1. The Bertz CT molecular complexity index is 359. The molecule has 0 radical (unpaired) electrons. The van der Waals surface area contributed by atoms with E-state index in [0.29, 0.717) is 6.42 Å². The van der Waals surface area contributed by atoms with E-state index in [1.165, 1.54) is 5.01 Å². The van der Waals surface area contributed by atoms with E-state index >= 15 is 0 Å². The zero-order chi connectivity index (χ0) is 10.8. The molecule has 0 fully saturated rings. The van der Waals surface area contributed by atoms with E-state index in [1.54, 1.807) is 0 Å². The van der Waals surface area contributed by atoms with Gasteiger partial charge in [0, 0.05) is 12.0 Å². The van der Waals surface area contributed by atoms with Crippen LogP contribution in [0.1, 0.15) is 19.8 Å². The summed E-state index contributed by atoms with van der Waals surface area (Å²) in [5.41, 5.74) is 0.823. The van der Waals surface area contributed by atoms with Crippen molar-refractivity contribution in [3.63, 3.8) is 0 Å². The van der Waals surface area contributed by atoms with Gasteiger partial charge in [-0.2, -0.15) is 5.10 Å². The predicted molar refractivity (Wildman–Crippen MR) is 53.8 cm³/mol. The molecule has 0 aliphatic carbocycles. The first-order chi connectivity index (χ1) is 6.42. The monoisotopic (exact) mass is 218 g/mol. The lowest BCUT2D eigenvalue weighted by atomic mass is 10.2. The molecule has 0 saturated heterocycles. The molecule has 0 bridgehead atoms. The second kappa shape index (κ2) is 4.08. The normalized spacial score (nSPS) is 17.4. The largest absolute Gasteiger partial charge is 0.273 e. The molecule has 1 aliphatic heterocycles. The van der Waals surface area contributed by atoms with Gasteiger partial charge in [0.2, 0.25) is 5.91 Å². The Morgan fingerprint density at radius 1 is 1.50 bits per heavy atom. The predicted octanol–water partition coefficient (Wildman–Crippen LogP) is 0.0293. The fraction of sp³-hybridized carbons (Fsp3) is 0.750. The Kier molecular flexibility index (Phi) is 3.25. The minimum absolute atomic E-state index is 0.0285. The molecule has 0 atom stereocenters. The smallest absolute Gasteiger partial charge is 0.248 e. The van der Waals surface area contributed by atoms with Crippen molar-refractivity contribution in [2.45, 2.75) is 19.8 Å². The fourth-order valence-electron chi connectivity index (χ4n) is 1.15. The molecule has 0 saturated carbocycles. The van der Waals surface area contributed by atoms with E-state index in [-0.39, 0.29) is 18.2 Å². The summed E-state index contributed by atoms with van der Waals surface area (Å²) in [4.78, 5) is 11.3. The number of hydrogen-bond donors (Lipinski definition) is 0. The Labute approximate surface area is 83.7 Å². The van der Waals surface area contributed by atoms with Crippen LogP contribution < -0.4 is 0 Å². The number of rotatable bonds is 4. The van der Waals surface area contributed by atoms with Crippen molar-refractivity contribution < 1.29 is 13.2 Å². The first-order valence-electron chi connectivity index (χ1n) is 4.47. The Hall–Kier alpha value is -0.910. The standard InChI is InChI=1S/C8H14N2O3S/c1-3-7-6-8(11)10(9-7)4-5-14(2,12)13/h3-6H2,1-2H3. The van der Waals surface area contributed by atoms with Crippen LogP contribution in [0.4, 0.5) is 0 Å². The summed E-state index contributed by atoms with van der Waals surface area (Å²) in [6, 6.07) is 0. The highest BCUT2D eigenvalue weighted by Gasteiger charge is 2.22. The van der Waals surface area contributed by atoms with Crippen molar-refractivity contribution in [1.29, 1.82) is 0 Å². The highest BCUT2D eigenvalue weighted by molar-refractivity contribution is 7.90. The average molecular weight is 218 g/mol. The molecule has 0 aromatic rings. The molecule has 80 valence electrons. The summed E-state index contributed by atoms with van der Waals surface area (Å²) < 4.78 is 21.7. The number of amides is 1. The summed E-state index contributed by atoms with van der Waals surface area (Å²) in [6.45, 7) is 2.09. The molecule has 6 heteroatoms. The Balaban J connectivity index is 2.54. The van der Waals surface area contributed by atoms with E-state index in [9.17, 15) is 13.2 Å². The van der Waals surface area contributed by atoms with E-state index in [0.717, 1.165) is 18.4 Å². The Morgan fingerprint density at radius 2 is 2.14 bits per heavy atom. The van der Waals surface area contributed by atoms with Gasteiger partial charge in [0.25, 0.3) is 0 Å². The molecule has 0 N–H and O–H groups in total. The first-order valence-corrected chi connectivity index (χ1v) is 6.53. The summed E-state index contributed by atoms with van der Waals surface area (Å²) in [7, 11) is -3.02. The minimum Gasteiger partial charge on any atom is -0.273 e. The molecule has 1 heterocycles. The average Bonchev–Trinajstić information content (AvgIpc) is 2.42. The van der Waals surface area contributed by atoms with E-state index < -0.39 is 9.84 Å². The third kappa shape index (κ3) is 3.10. The van der Waals surface area contributed by atoms with Gasteiger partial charge < -0.3 is 0 Å². The zero-order valence-corrected chi connectivity index (χ0v) is 9.17. The first kappa shape index (κ1) is 11.2. The van der Waals surface area contributed by atoms with Crippen LogP contribution in [0.5, 0.6) is 0 Å². The lowest BCUT2D eigenvalue weighted by Gasteiger charge is -2.09. The fourth-order valence-corrected chi connectivity index (χ4v) is 1.65. The molecule has 0 aromatic heterocycles. The van der Waals surface area contributed by atoms with Gasteiger partial charge in [0.05, 0.1) is 18.7 Å². The van der Waals surface area contributed by atoms with Gasteiger partial charge in [-0.3, -0.25) is 4.79 Å². The van der Waals surface area contributed by atoms with Gasteiger partial charge >= 0.3 is 0 Å². The van der Waals surface area contributed by atoms with Crippen LogP contribution >= 0.6 is 0 Å². The van der Waals surface area contributed by atoms with Gasteiger partial charge in [-0.05, 0) is 6.42 Å². The maximum Gasteiger partial charge on any atom is 0.248 e. The van der Waals surface area contributed by atoms with Crippen molar-refractivity contribution in [2.24, 2.45) is 5.10 Å². The minimum atomic E-state index is -3.02. The number of sulfone groups is 1. The summed E-state index contributed by atoms with van der Waals surface area (Å²) in [5.74, 6) is -0.135. The molecule has 0 spiro atoms. The number of carbonyl (C=O) groups excluding carboxylic acids is 1. The molecule has 0 aromatic carbocycles. The number of nitrogens with zero attached hydrogens (tertiary/aromatic N) is 2. The van der Waals surface area contributed by atoms with Crippen molar-refractivity contribution >= 4 is 21.5 Å². The van der Waals surface area contributed by atoms with Gasteiger partial charge in [0.1, 0.15) is 9.84 Å². The molecule has 14 heavy (non-hydrogen) atoms. The van der Waals surface area contributed by atoms with Crippen LogP contribution in [-0.2, 0) is 14.6 Å². The third-order valence-electron chi connectivity index (χ3n) is 1.99.